The van der Waals surface area contributed by atoms with Crippen LogP contribution in [0.1, 0.15) is 47.8 Å². The molecule has 0 spiro atoms. The molecule has 1 amide bonds. The normalized spacial score (nSPS) is 12.3. The Bertz CT molecular complexity index is 1180. The fourth-order valence-corrected chi connectivity index (χ4v) is 3.59. The Hall–Kier alpha value is -3.26. The molecule has 0 saturated heterocycles. The van der Waals surface area contributed by atoms with E-state index in [-0.39, 0.29) is 28.5 Å². The van der Waals surface area contributed by atoms with E-state index < -0.39 is 11.2 Å². The van der Waals surface area contributed by atoms with Crippen molar-refractivity contribution in [1.29, 1.82) is 0 Å². The SMILES string of the molecule is CCCn1c(=O)[nH]c(=O)c2cc(C(=O)NC[C@@H](c3ccc(CC)cc3)N(C)C)cnc21. The molecule has 3 aromatic rings. The van der Waals surface area contributed by atoms with Crippen LogP contribution in [-0.2, 0) is 13.0 Å². The largest absolute Gasteiger partial charge is 0.350 e. The molecule has 2 heterocycles. The third kappa shape index (κ3) is 4.91. The van der Waals surface area contributed by atoms with Gasteiger partial charge in [-0.05, 0) is 44.1 Å². The molecule has 0 saturated carbocycles. The zero-order valence-corrected chi connectivity index (χ0v) is 18.4. The first kappa shape index (κ1) is 22.4. The highest BCUT2D eigenvalue weighted by molar-refractivity contribution is 5.96. The maximum atomic E-state index is 12.8. The third-order valence-electron chi connectivity index (χ3n) is 5.39. The molecule has 31 heavy (non-hydrogen) atoms. The van der Waals surface area contributed by atoms with Crippen LogP contribution < -0.4 is 16.6 Å². The summed E-state index contributed by atoms with van der Waals surface area (Å²) in [4.78, 5) is 45.7. The van der Waals surface area contributed by atoms with Gasteiger partial charge in [-0.15, -0.1) is 0 Å². The highest BCUT2D eigenvalue weighted by Gasteiger charge is 2.17. The lowest BCUT2D eigenvalue weighted by molar-refractivity contribution is 0.0941. The summed E-state index contributed by atoms with van der Waals surface area (Å²) in [7, 11) is 3.93. The summed E-state index contributed by atoms with van der Waals surface area (Å²) in [6.45, 7) is 4.89. The minimum absolute atomic E-state index is 0.00130. The molecule has 0 unspecified atom stereocenters. The van der Waals surface area contributed by atoms with E-state index in [1.807, 2.05) is 25.9 Å². The minimum atomic E-state index is -0.545. The third-order valence-corrected chi connectivity index (χ3v) is 5.39. The van der Waals surface area contributed by atoms with Gasteiger partial charge < -0.3 is 10.2 Å². The van der Waals surface area contributed by atoms with Gasteiger partial charge in [-0.3, -0.25) is 19.1 Å². The van der Waals surface area contributed by atoms with Crippen LogP contribution in [0.3, 0.4) is 0 Å². The molecule has 2 N–H and O–H groups in total. The number of likely N-dealkylation sites (N-methyl/N-ethyl adjacent to an activating group) is 1. The van der Waals surface area contributed by atoms with Crippen molar-refractivity contribution in [2.45, 2.75) is 39.3 Å². The van der Waals surface area contributed by atoms with Crippen LogP contribution in [0.2, 0.25) is 0 Å². The number of carbonyl (C=O) groups excluding carboxylic acids is 1. The molecule has 0 aliphatic carbocycles. The number of amides is 1. The summed E-state index contributed by atoms with van der Waals surface area (Å²) in [5.41, 5.74) is 1.90. The summed E-state index contributed by atoms with van der Waals surface area (Å²) in [5, 5.41) is 3.16. The number of benzene rings is 1. The van der Waals surface area contributed by atoms with E-state index in [0.717, 1.165) is 18.4 Å². The average molecular weight is 424 g/mol. The Morgan fingerprint density at radius 3 is 2.52 bits per heavy atom. The number of carbonyl (C=O) groups is 1. The standard InChI is InChI=1S/C23H29N5O3/c1-5-11-28-20-18(22(30)26-23(28)31)12-17(13-24-20)21(29)25-14-19(27(3)4)16-9-7-15(6-2)8-10-16/h7-10,12-13,19H,5-6,11,14H2,1-4H3,(H,25,29)(H,26,30,31)/t19-/m0/s1. The van der Waals surface area contributed by atoms with Gasteiger partial charge in [0.2, 0.25) is 0 Å². The first-order chi connectivity index (χ1) is 14.8. The Kier molecular flexibility index (Phi) is 7.02. The summed E-state index contributed by atoms with van der Waals surface area (Å²) in [6.07, 6.45) is 3.10. The fraction of sp³-hybridized carbons (Fsp3) is 0.391. The van der Waals surface area contributed by atoms with E-state index >= 15 is 0 Å². The van der Waals surface area contributed by atoms with Crippen LogP contribution >= 0.6 is 0 Å². The van der Waals surface area contributed by atoms with Crippen LogP contribution in [-0.4, -0.2) is 46.0 Å². The van der Waals surface area contributed by atoms with Gasteiger partial charge in [0.1, 0.15) is 5.65 Å². The maximum absolute atomic E-state index is 12.8. The lowest BCUT2D eigenvalue weighted by Crippen LogP contribution is -2.35. The van der Waals surface area contributed by atoms with Crippen LogP contribution in [0.5, 0.6) is 0 Å². The number of nitrogens with zero attached hydrogens (tertiary/aromatic N) is 3. The molecule has 3 rings (SSSR count). The zero-order valence-electron chi connectivity index (χ0n) is 18.4. The number of H-pyrrole nitrogens is 1. The number of aryl methyl sites for hydroxylation is 2. The van der Waals surface area contributed by atoms with Crippen LogP contribution in [0.15, 0.2) is 46.1 Å². The second-order valence-electron chi connectivity index (χ2n) is 7.79. The van der Waals surface area contributed by atoms with Crippen molar-refractivity contribution in [1.82, 2.24) is 24.8 Å². The van der Waals surface area contributed by atoms with Crippen molar-refractivity contribution in [3.63, 3.8) is 0 Å². The Morgan fingerprint density at radius 2 is 1.90 bits per heavy atom. The van der Waals surface area contributed by atoms with Gasteiger partial charge in [0.25, 0.3) is 11.5 Å². The van der Waals surface area contributed by atoms with Crippen LogP contribution in [0, 0.1) is 0 Å². The zero-order chi connectivity index (χ0) is 22.5. The van der Waals surface area contributed by atoms with Gasteiger partial charge in [-0.25, -0.2) is 9.78 Å². The lowest BCUT2D eigenvalue weighted by Gasteiger charge is -2.25. The predicted octanol–water partition coefficient (Wildman–Crippen LogP) is 2.09. The molecule has 8 heteroatoms. The first-order valence-electron chi connectivity index (χ1n) is 10.5. The van der Waals surface area contributed by atoms with Crippen molar-refractivity contribution >= 4 is 16.9 Å². The Morgan fingerprint density at radius 1 is 1.19 bits per heavy atom. The van der Waals surface area contributed by atoms with E-state index in [1.165, 1.54) is 22.4 Å². The molecular formula is C23H29N5O3. The topological polar surface area (TPSA) is 100 Å². The fourth-order valence-electron chi connectivity index (χ4n) is 3.59. The highest BCUT2D eigenvalue weighted by Crippen LogP contribution is 2.18. The molecule has 1 atom stereocenters. The van der Waals surface area contributed by atoms with E-state index in [9.17, 15) is 14.4 Å². The number of rotatable bonds is 8. The number of pyridine rings is 1. The van der Waals surface area contributed by atoms with Crippen molar-refractivity contribution < 1.29 is 4.79 Å². The van der Waals surface area contributed by atoms with Gasteiger partial charge in [0.05, 0.1) is 17.0 Å². The average Bonchev–Trinajstić information content (AvgIpc) is 2.76. The molecule has 0 bridgehead atoms. The molecule has 0 aliphatic heterocycles. The molecular weight excluding hydrogens is 394 g/mol. The van der Waals surface area contributed by atoms with Crippen molar-refractivity contribution in [2.75, 3.05) is 20.6 Å². The smallest absolute Gasteiger partial charge is 0.329 e. The van der Waals surface area contributed by atoms with E-state index in [1.54, 1.807) is 0 Å². The lowest BCUT2D eigenvalue weighted by atomic mass is 10.0. The van der Waals surface area contributed by atoms with Crippen LogP contribution in [0.4, 0.5) is 0 Å². The molecule has 1 aromatic carbocycles. The molecule has 0 fully saturated rings. The van der Waals surface area contributed by atoms with Gasteiger partial charge in [-0.2, -0.15) is 0 Å². The van der Waals surface area contributed by atoms with E-state index in [2.05, 4.69) is 46.5 Å². The number of hydrogen-bond donors (Lipinski definition) is 2. The molecule has 2 aromatic heterocycles. The maximum Gasteiger partial charge on any atom is 0.329 e. The molecule has 0 aliphatic rings. The highest BCUT2D eigenvalue weighted by atomic mass is 16.2. The quantitative estimate of drug-likeness (QED) is 0.578. The van der Waals surface area contributed by atoms with Gasteiger partial charge in [0.15, 0.2) is 0 Å². The summed E-state index contributed by atoms with van der Waals surface area (Å²) >= 11 is 0. The summed E-state index contributed by atoms with van der Waals surface area (Å²) in [5.74, 6) is -0.320. The van der Waals surface area contributed by atoms with Crippen molar-refractivity contribution in [2.24, 2.45) is 0 Å². The van der Waals surface area contributed by atoms with Gasteiger partial charge in [0, 0.05) is 19.3 Å². The first-order valence-corrected chi connectivity index (χ1v) is 10.5. The summed E-state index contributed by atoms with van der Waals surface area (Å²) < 4.78 is 1.42. The minimum Gasteiger partial charge on any atom is -0.350 e. The number of fused-ring (bicyclic) bond motifs is 1. The number of hydrogen-bond acceptors (Lipinski definition) is 5. The van der Waals surface area contributed by atoms with Gasteiger partial charge >= 0.3 is 5.69 Å². The predicted molar refractivity (Wildman–Crippen MR) is 121 cm³/mol. The van der Waals surface area contributed by atoms with Crippen molar-refractivity contribution in [3.8, 4) is 0 Å². The van der Waals surface area contributed by atoms with Crippen molar-refractivity contribution in [3.05, 3.63) is 74.1 Å². The second kappa shape index (κ2) is 9.70. The number of nitrogens with one attached hydrogen (secondary N) is 2. The molecule has 8 nitrogen and oxygen atoms in total. The van der Waals surface area contributed by atoms with Crippen LogP contribution in [0.25, 0.3) is 11.0 Å². The number of aromatic amines is 1. The van der Waals surface area contributed by atoms with Gasteiger partial charge in [-0.1, -0.05) is 38.1 Å². The second-order valence-corrected chi connectivity index (χ2v) is 7.79. The molecule has 164 valence electrons. The van der Waals surface area contributed by atoms with E-state index in [4.69, 9.17) is 0 Å². The Labute approximate surface area is 180 Å². The summed E-state index contributed by atoms with van der Waals surface area (Å²) in [6, 6.07) is 9.86. The Balaban J connectivity index is 1.83. The number of aromatic nitrogens is 3. The molecule has 0 radical (unpaired) electrons. The monoisotopic (exact) mass is 423 g/mol. The van der Waals surface area contributed by atoms with E-state index in [0.29, 0.717) is 13.1 Å².